The summed E-state index contributed by atoms with van der Waals surface area (Å²) in [6.45, 7) is 11.1. The number of carbonyl (C=O) groups excluding carboxylic acids is 1. The Hall–Kier alpha value is -0.610. The summed E-state index contributed by atoms with van der Waals surface area (Å²) in [5.41, 5.74) is -0.426. The minimum Gasteiger partial charge on any atom is -0.459 e. The summed E-state index contributed by atoms with van der Waals surface area (Å²) in [5, 5.41) is 8.74. The summed E-state index contributed by atoms with van der Waals surface area (Å²) < 4.78 is 5.29. The predicted molar refractivity (Wildman–Crippen MR) is 68.9 cm³/mol. The molecule has 0 saturated heterocycles. The number of ether oxygens (including phenoxy) is 1. The van der Waals surface area contributed by atoms with Crippen LogP contribution in [0.3, 0.4) is 0 Å². The maximum absolute atomic E-state index is 11.7. The van der Waals surface area contributed by atoms with Crippen molar-refractivity contribution in [2.45, 2.75) is 59.1 Å². The van der Waals surface area contributed by atoms with E-state index in [4.69, 9.17) is 9.84 Å². The highest BCUT2D eigenvalue weighted by molar-refractivity contribution is 5.72. The van der Waals surface area contributed by atoms with Gasteiger partial charge in [-0.3, -0.25) is 9.69 Å². The molecule has 0 unspecified atom stereocenters. The Morgan fingerprint density at radius 3 is 2.29 bits per heavy atom. The van der Waals surface area contributed by atoms with Crippen molar-refractivity contribution in [3.63, 3.8) is 0 Å². The van der Waals surface area contributed by atoms with Crippen molar-refractivity contribution in [2.75, 3.05) is 19.7 Å². The molecule has 0 spiro atoms. The van der Waals surface area contributed by atoms with Crippen LogP contribution in [0.4, 0.5) is 0 Å². The fourth-order valence-electron chi connectivity index (χ4n) is 1.49. The molecule has 0 atom stereocenters. The molecule has 0 saturated carbocycles. The first kappa shape index (κ1) is 16.4. The topological polar surface area (TPSA) is 49.8 Å². The lowest BCUT2D eigenvalue weighted by Gasteiger charge is -2.27. The zero-order valence-electron chi connectivity index (χ0n) is 11.8. The molecule has 0 fully saturated rings. The Morgan fingerprint density at radius 1 is 1.29 bits per heavy atom. The molecule has 4 nitrogen and oxygen atoms in total. The molecule has 17 heavy (non-hydrogen) atoms. The first-order chi connectivity index (χ1) is 7.76. The molecule has 0 bridgehead atoms. The molecule has 4 heteroatoms. The molecule has 0 aliphatic carbocycles. The van der Waals surface area contributed by atoms with Gasteiger partial charge in [0.05, 0.1) is 6.54 Å². The summed E-state index contributed by atoms with van der Waals surface area (Å²) in [5.74, 6) is -0.185. The number of rotatable bonds is 7. The van der Waals surface area contributed by atoms with Gasteiger partial charge in [0, 0.05) is 12.6 Å². The van der Waals surface area contributed by atoms with Crippen LogP contribution in [0.1, 0.15) is 47.5 Å². The van der Waals surface area contributed by atoms with E-state index in [1.54, 1.807) is 0 Å². The first-order valence-corrected chi connectivity index (χ1v) is 6.33. The lowest BCUT2D eigenvalue weighted by Crippen LogP contribution is -2.39. The van der Waals surface area contributed by atoms with Gasteiger partial charge in [-0.1, -0.05) is 0 Å². The van der Waals surface area contributed by atoms with Gasteiger partial charge < -0.3 is 9.84 Å². The van der Waals surface area contributed by atoms with Crippen molar-refractivity contribution in [3.05, 3.63) is 0 Å². The number of unbranched alkanes of at least 4 members (excludes halogenated alkanes) is 1. The van der Waals surface area contributed by atoms with Gasteiger partial charge in [0.1, 0.15) is 5.60 Å². The smallest absolute Gasteiger partial charge is 0.320 e. The summed E-state index contributed by atoms with van der Waals surface area (Å²) in [6.07, 6.45) is 1.68. The number of nitrogens with zero attached hydrogens (tertiary/aromatic N) is 1. The largest absolute Gasteiger partial charge is 0.459 e. The maximum atomic E-state index is 11.7. The summed E-state index contributed by atoms with van der Waals surface area (Å²) in [6, 6.07) is 0.307. The molecule has 0 aliphatic heterocycles. The van der Waals surface area contributed by atoms with Crippen LogP contribution < -0.4 is 0 Å². The van der Waals surface area contributed by atoms with Crippen molar-refractivity contribution in [1.82, 2.24) is 4.90 Å². The second kappa shape index (κ2) is 7.67. The van der Waals surface area contributed by atoms with Crippen LogP contribution >= 0.6 is 0 Å². The third-order valence-electron chi connectivity index (χ3n) is 2.34. The number of aliphatic hydroxyl groups is 1. The Morgan fingerprint density at radius 2 is 1.88 bits per heavy atom. The van der Waals surface area contributed by atoms with Crippen LogP contribution in [-0.4, -0.2) is 47.3 Å². The van der Waals surface area contributed by atoms with Gasteiger partial charge in [-0.15, -0.1) is 0 Å². The molecule has 0 heterocycles. The van der Waals surface area contributed by atoms with Gasteiger partial charge in [-0.05, 0) is 54.0 Å². The fourth-order valence-corrected chi connectivity index (χ4v) is 1.49. The van der Waals surface area contributed by atoms with Gasteiger partial charge >= 0.3 is 5.97 Å². The monoisotopic (exact) mass is 245 g/mol. The van der Waals surface area contributed by atoms with Crippen molar-refractivity contribution in [1.29, 1.82) is 0 Å². The third kappa shape index (κ3) is 9.12. The molecule has 1 N–H and O–H groups in total. The van der Waals surface area contributed by atoms with Crippen molar-refractivity contribution < 1.29 is 14.6 Å². The quantitative estimate of drug-likeness (QED) is 0.549. The van der Waals surface area contributed by atoms with Crippen LogP contribution in [0.25, 0.3) is 0 Å². The summed E-state index contributed by atoms with van der Waals surface area (Å²) in [4.78, 5) is 13.8. The van der Waals surface area contributed by atoms with Crippen molar-refractivity contribution in [2.24, 2.45) is 0 Å². The second-order valence-corrected chi connectivity index (χ2v) is 5.58. The Balaban J connectivity index is 4.11. The molecule has 0 rings (SSSR count). The Bertz CT molecular complexity index is 221. The van der Waals surface area contributed by atoms with Crippen molar-refractivity contribution >= 4 is 5.97 Å². The minimum absolute atomic E-state index is 0.185. The van der Waals surface area contributed by atoms with E-state index in [1.165, 1.54) is 0 Å². The number of hydrogen-bond acceptors (Lipinski definition) is 4. The van der Waals surface area contributed by atoms with Gasteiger partial charge in [0.15, 0.2) is 0 Å². The Kier molecular flexibility index (Phi) is 7.39. The molecule has 0 aromatic heterocycles. The molecular formula is C13H27NO3. The Labute approximate surface area is 105 Å². The first-order valence-electron chi connectivity index (χ1n) is 6.33. The number of esters is 1. The molecular weight excluding hydrogens is 218 g/mol. The normalized spacial score (nSPS) is 12.2. The lowest BCUT2D eigenvalue weighted by molar-refractivity contribution is -0.156. The van der Waals surface area contributed by atoms with Crippen LogP contribution in [-0.2, 0) is 9.53 Å². The van der Waals surface area contributed by atoms with E-state index in [0.29, 0.717) is 12.6 Å². The van der Waals surface area contributed by atoms with E-state index in [0.717, 1.165) is 19.4 Å². The molecule has 0 aliphatic rings. The van der Waals surface area contributed by atoms with Crippen molar-refractivity contribution in [3.8, 4) is 0 Å². The van der Waals surface area contributed by atoms with Gasteiger partial charge in [-0.2, -0.15) is 0 Å². The summed E-state index contributed by atoms with van der Waals surface area (Å²) in [7, 11) is 0. The van der Waals surface area contributed by atoms with Gasteiger partial charge in [-0.25, -0.2) is 0 Å². The highest BCUT2D eigenvalue weighted by atomic mass is 16.6. The summed E-state index contributed by atoms with van der Waals surface area (Å²) >= 11 is 0. The number of aliphatic hydroxyl groups excluding tert-OH is 1. The van der Waals surface area contributed by atoms with E-state index >= 15 is 0 Å². The van der Waals surface area contributed by atoms with E-state index in [9.17, 15) is 4.79 Å². The highest BCUT2D eigenvalue weighted by Gasteiger charge is 2.20. The van der Waals surface area contributed by atoms with Crippen LogP contribution in [0.5, 0.6) is 0 Å². The van der Waals surface area contributed by atoms with Crippen LogP contribution in [0.15, 0.2) is 0 Å². The second-order valence-electron chi connectivity index (χ2n) is 5.58. The molecule has 0 aromatic carbocycles. The standard InChI is InChI=1S/C13H27NO3/c1-11(2)14(8-6-7-9-15)10-12(16)17-13(3,4)5/h11,15H,6-10H2,1-5H3. The van der Waals surface area contributed by atoms with Gasteiger partial charge in [0.25, 0.3) is 0 Å². The number of hydrogen-bond donors (Lipinski definition) is 1. The molecule has 0 amide bonds. The van der Waals surface area contributed by atoms with E-state index in [1.807, 2.05) is 20.8 Å². The molecule has 0 radical (unpaired) electrons. The minimum atomic E-state index is -0.426. The predicted octanol–water partition coefficient (Wildman–Crippen LogP) is 1.81. The van der Waals surface area contributed by atoms with E-state index < -0.39 is 5.60 Å². The number of carbonyl (C=O) groups is 1. The highest BCUT2D eigenvalue weighted by Crippen LogP contribution is 2.09. The SMILES string of the molecule is CC(C)N(CCCCO)CC(=O)OC(C)(C)C. The third-order valence-corrected chi connectivity index (χ3v) is 2.34. The van der Waals surface area contributed by atoms with Gasteiger partial charge in [0.2, 0.25) is 0 Å². The zero-order valence-corrected chi connectivity index (χ0v) is 11.8. The average Bonchev–Trinajstić information content (AvgIpc) is 2.13. The van der Waals surface area contributed by atoms with E-state index in [-0.39, 0.29) is 12.6 Å². The average molecular weight is 245 g/mol. The zero-order chi connectivity index (χ0) is 13.5. The molecule has 0 aromatic rings. The molecule has 102 valence electrons. The van der Waals surface area contributed by atoms with E-state index in [2.05, 4.69) is 18.7 Å². The van der Waals surface area contributed by atoms with Crippen LogP contribution in [0, 0.1) is 0 Å². The van der Waals surface area contributed by atoms with Crippen LogP contribution in [0.2, 0.25) is 0 Å². The maximum Gasteiger partial charge on any atom is 0.320 e. The lowest BCUT2D eigenvalue weighted by atomic mass is 10.2. The fraction of sp³-hybridized carbons (Fsp3) is 0.923.